The van der Waals surface area contributed by atoms with Gasteiger partial charge >= 0.3 is 5.97 Å². The number of ether oxygens (including phenoxy) is 4. The quantitative estimate of drug-likeness (QED) is 0.0465. The van der Waals surface area contributed by atoms with E-state index in [1.54, 1.807) is 45.0 Å². The van der Waals surface area contributed by atoms with Crippen LogP contribution in [0.2, 0.25) is 0 Å². The molecule has 0 spiro atoms. The summed E-state index contributed by atoms with van der Waals surface area (Å²) >= 11 is 0. The number of ketones is 1. The molecule has 8 heteroatoms. The van der Waals surface area contributed by atoms with E-state index in [0.717, 1.165) is 56.9 Å². The first kappa shape index (κ1) is 46.6. The third-order valence-corrected chi connectivity index (χ3v) is 9.47. The number of rotatable bonds is 31. The molecule has 0 heterocycles. The van der Waals surface area contributed by atoms with E-state index in [-0.39, 0.29) is 0 Å². The van der Waals surface area contributed by atoms with Gasteiger partial charge in [0.25, 0.3) is 5.91 Å². The molecule has 0 aliphatic heterocycles. The Bertz CT molecular complexity index is 1300. The SMILES string of the molecule is CCCCCCCCCCCCCCCc1cccc(OCC(=O)OC(C(=O)Nc2cc(OCCCCC)cc(OCCCCC)c2)C(=O)C(C)(C)C)c1. The van der Waals surface area contributed by atoms with E-state index in [1.807, 2.05) is 12.1 Å². The molecule has 2 aromatic rings. The van der Waals surface area contributed by atoms with E-state index in [4.69, 9.17) is 18.9 Å². The fraction of sp³-hybridized carbons (Fsp3) is 0.674. The van der Waals surface area contributed by atoms with Crippen molar-refractivity contribution in [2.75, 3.05) is 25.1 Å². The molecule has 0 saturated carbocycles. The molecule has 1 N–H and O–H groups in total. The van der Waals surface area contributed by atoms with Crippen LogP contribution in [0.25, 0.3) is 0 Å². The predicted molar refractivity (Wildman–Crippen MR) is 221 cm³/mol. The molecule has 1 atom stereocenters. The van der Waals surface area contributed by atoms with Crippen LogP contribution in [0.5, 0.6) is 17.2 Å². The Morgan fingerprint density at radius 2 is 1.09 bits per heavy atom. The molecule has 2 aromatic carbocycles. The summed E-state index contributed by atoms with van der Waals surface area (Å²) in [5.41, 5.74) is 0.593. The lowest BCUT2D eigenvalue weighted by molar-refractivity contribution is -0.163. The van der Waals surface area contributed by atoms with Gasteiger partial charge in [-0.3, -0.25) is 9.59 Å². The van der Waals surface area contributed by atoms with Crippen molar-refractivity contribution < 1.29 is 33.3 Å². The highest BCUT2D eigenvalue weighted by atomic mass is 16.6. The summed E-state index contributed by atoms with van der Waals surface area (Å²) in [6, 6.07) is 12.9. The van der Waals surface area contributed by atoms with Crippen molar-refractivity contribution >= 4 is 23.3 Å². The Morgan fingerprint density at radius 3 is 1.61 bits per heavy atom. The molecular formula is C46H73NO7. The third-order valence-electron chi connectivity index (χ3n) is 9.47. The predicted octanol–water partition coefficient (Wildman–Crippen LogP) is 12.0. The summed E-state index contributed by atoms with van der Waals surface area (Å²) in [6.45, 7) is 12.2. The Hall–Kier alpha value is -3.55. The number of hydrogen-bond acceptors (Lipinski definition) is 7. The van der Waals surface area contributed by atoms with Crippen molar-refractivity contribution in [3.05, 3.63) is 48.0 Å². The smallest absolute Gasteiger partial charge is 0.345 e. The molecule has 0 aromatic heterocycles. The van der Waals surface area contributed by atoms with Gasteiger partial charge in [-0.15, -0.1) is 0 Å². The maximum Gasteiger partial charge on any atom is 0.345 e. The van der Waals surface area contributed by atoms with Gasteiger partial charge in [-0.2, -0.15) is 0 Å². The molecule has 0 radical (unpaired) electrons. The second-order valence-corrected chi connectivity index (χ2v) is 15.7. The summed E-state index contributed by atoms with van der Waals surface area (Å²) in [5, 5.41) is 2.78. The highest BCUT2D eigenvalue weighted by molar-refractivity contribution is 6.12. The summed E-state index contributed by atoms with van der Waals surface area (Å²) in [4.78, 5) is 40.1. The zero-order valence-corrected chi connectivity index (χ0v) is 34.7. The highest BCUT2D eigenvalue weighted by Crippen LogP contribution is 2.28. The molecule has 0 aliphatic rings. The summed E-state index contributed by atoms with van der Waals surface area (Å²) in [6.07, 6.45) is 22.5. The van der Waals surface area contributed by atoms with Crippen molar-refractivity contribution in [1.29, 1.82) is 0 Å². The maximum absolute atomic E-state index is 13.6. The largest absolute Gasteiger partial charge is 0.493 e. The number of nitrogens with one attached hydrogen (secondary N) is 1. The molecule has 0 bridgehead atoms. The van der Waals surface area contributed by atoms with Crippen LogP contribution >= 0.6 is 0 Å². The van der Waals surface area contributed by atoms with E-state index in [2.05, 4.69) is 32.2 Å². The lowest BCUT2D eigenvalue weighted by Crippen LogP contribution is -2.45. The van der Waals surface area contributed by atoms with Gasteiger partial charge in [0.2, 0.25) is 6.10 Å². The lowest BCUT2D eigenvalue weighted by atomic mass is 9.87. The van der Waals surface area contributed by atoms with Crippen molar-refractivity contribution in [2.45, 2.75) is 176 Å². The summed E-state index contributed by atoms with van der Waals surface area (Å²) in [5.74, 6) is -0.420. The van der Waals surface area contributed by atoms with Crippen LogP contribution in [0.4, 0.5) is 5.69 Å². The molecule has 304 valence electrons. The Balaban J connectivity index is 1.91. The number of unbranched alkanes of at least 4 members (excludes halogenated alkanes) is 16. The van der Waals surface area contributed by atoms with Gasteiger partial charge < -0.3 is 24.3 Å². The van der Waals surface area contributed by atoms with Crippen LogP contribution in [0.1, 0.15) is 169 Å². The van der Waals surface area contributed by atoms with Gasteiger partial charge in [-0.05, 0) is 43.4 Å². The molecule has 54 heavy (non-hydrogen) atoms. The maximum atomic E-state index is 13.6. The average molecular weight is 752 g/mol. The minimum absolute atomic E-state index is 0.387. The number of carbonyl (C=O) groups is 3. The minimum atomic E-state index is -1.66. The number of benzene rings is 2. The monoisotopic (exact) mass is 752 g/mol. The number of Topliss-reactive ketones (excluding diaryl/α,β-unsaturated/α-hetero) is 1. The van der Waals surface area contributed by atoms with E-state index in [1.165, 1.54) is 77.0 Å². The minimum Gasteiger partial charge on any atom is -0.493 e. The van der Waals surface area contributed by atoms with E-state index in [9.17, 15) is 14.4 Å². The molecule has 1 amide bonds. The van der Waals surface area contributed by atoms with Crippen LogP contribution < -0.4 is 19.5 Å². The van der Waals surface area contributed by atoms with Crippen LogP contribution in [-0.2, 0) is 25.5 Å². The zero-order chi connectivity index (χ0) is 39.4. The molecule has 8 nitrogen and oxygen atoms in total. The average Bonchev–Trinajstić information content (AvgIpc) is 3.14. The lowest BCUT2D eigenvalue weighted by Gasteiger charge is -2.24. The van der Waals surface area contributed by atoms with Crippen molar-refractivity contribution in [1.82, 2.24) is 0 Å². The van der Waals surface area contributed by atoms with Crippen molar-refractivity contribution in [2.24, 2.45) is 5.41 Å². The topological polar surface area (TPSA) is 100 Å². The molecule has 0 aliphatic carbocycles. The van der Waals surface area contributed by atoms with E-state index >= 15 is 0 Å². The fourth-order valence-corrected chi connectivity index (χ4v) is 6.17. The first-order valence-corrected chi connectivity index (χ1v) is 21.2. The normalized spacial score (nSPS) is 11.9. The second kappa shape index (κ2) is 27.9. The number of esters is 1. The Morgan fingerprint density at radius 1 is 0.593 bits per heavy atom. The van der Waals surface area contributed by atoms with Gasteiger partial charge in [-0.25, -0.2) is 4.79 Å². The summed E-state index contributed by atoms with van der Waals surface area (Å²) < 4.78 is 23.3. The van der Waals surface area contributed by atoms with Crippen LogP contribution in [0.3, 0.4) is 0 Å². The van der Waals surface area contributed by atoms with Gasteiger partial charge in [0, 0.05) is 29.3 Å². The van der Waals surface area contributed by atoms with E-state index in [0.29, 0.717) is 36.1 Å². The first-order valence-electron chi connectivity index (χ1n) is 21.2. The molecule has 1 unspecified atom stereocenters. The first-order chi connectivity index (χ1) is 26.1. The Kier molecular flexibility index (Phi) is 24.1. The molecule has 2 rings (SSSR count). The van der Waals surface area contributed by atoms with Crippen molar-refractivity contribution in [3.8, 4) is 17.2 Å². The van der Waals surface area contributed by atoms with Crippen LogP contribution in [-0.4, -0.2) is 43.6 Å². The standard InChI is InChI=1S/C46H73NO7/c1-7-10-13-14-15-16-17-18-19-20-21-22-23-27-37-28-26-29-39(32-37)53-36-42(48)54-43(44(49)46(4,5)6)45(50)47-38-33-40(51-30-24-11-8-2)35-41(34-38)52-31-25-12-9-3/h26,28-29,32-35,43H,7-25,27,30-31,36H2,1-6H3,(H,47,50). The van der Waals surface area contributed by atoms with Gasteiger partial charge in [0.15, 0.2) is 12.4 Å². The zero-order valence-electron chi connectivity index (χ0n) is 34.7. The van der Waals surface area contributed by atoms with Crippen molar-refractivity contribution in [3.63, 3.8) is 0 Å². The molecular weight excluding hydrogens is 679 g/mol. The number of amides is 1. The van der Waals surface area contributed by atoms with Crippen LogP contribution in [0.15, 0.2) is 42.5 Å². The summed E-state index contributed by atoms with van der Waals surface area (Å²) in [7, 11) is 0. The fourth-order valence-electron chi connectivity index (χ4n) is 6.17. The molecule has 0 fully saturated rings. The Labute approximate surface area is 327 Å². The molecule has 0 saturated heterocycles. The second-order valence-electron chi connectivity index (χ2n) is 15.7. The highest BCUT2D eigenvalue weighted by Gasteiger charge is 2.38. The van der Waals surface area contributed by atoms with Crippen LogP contribution in [0, 0.1) is 5.41 Å². The number of aryl methyl sites for hydroxylation is 1. The van der Waals surface area contributed by atoms with Gasteiger partial charge in [-0.1, -0.05) is 156 Å². The third kappa shape index (κ3) is 20.8. The number of hydrogen-bond donors (Lipinski definition) is 1. The van der Waals surface area contributed by atoms with Gasteiger partial charge in [0.05, 0.1) is 13.2 Å². The number of anilines is 1. The number of carbonyl (C=O) groups excluding carboxylic acids is 3. The van der Waals surface area contributed by atoms with Gasteiger partial charge in [0.1, 0.15) is 17.2 Å². The van der Waals surface area contributed by atoms with E-state index < -0.39 is 35.8 Å².